The number of nitrogens with two attached hydrogens (primary N) is 2. The number of hydrogen-bond donors (Lipinski definition) is 2. The molecule has 1 atom stereocenters. The molecule has 0 radical (unpaired) electrons. The Balaban J connectivity index is 2.45. The van der Waals surface area contributed by atoms with Gasteiger partial charge in [-0.05, 0) is 19.4 Å². The van der Waals surface area contributed by atoms with E-state index in [9.17, 15) is 4.79 Å². The van der Waals surface area contributed by atoms with Crippen molar-refractivity contribution in [3.05, 3.63) is 52.3 Å². The van der Waals surface area contributed by atoms with E-state index in [2.05, 4.69) is 5.10 Å². The first-order chi connectivity index (χ1) is 9.36. The average molecular weight is 293 g/mol. The second-order valence-electron chi connectivity index (χ2n) is 4.84. The van der Waals surface area contributed by atoms with Gasteiger partial charge in [-0.3, -0.25) is 9.48 Å². The van der Waals surface area contributed by atoms with Gasteiger partial charge in [0.25, 0.3) is 0 Å². The third-order valence-corrected chi connectivity index (χ3v) is 3.97. The number of aryl methyl sites for hydroxylation is 1. The van der Waals surface area contributed by atoms with Crippen molar-refractivity contribution in [3.63, 3.8) is 0 Å². The number of primary amides is 1. The van der Waals surface area contributed by atoms with E-state index in [4.69, 9.17) is 23.1 Å². The molecule has 0 aliphatic rings. The van der Waals surface area contributed by atoms with Gasteiger partial charge in [-0.25, -0.2) is 0 Å². The summed E-state index contributed by atoms with van der Waals surface area (Å²) in [6, 6.07) is 9.03. The minimum absolute atomic E-state index is 0.145. The molecule has 2 aromatic rings. The average Bonchev–Trinajstić information content (AvgIpc) is 2.67. The van der Waals surface area contributed by atoms with E-state index in [1.54, 1.807) is 23.7 Å². The summed E-state index contributed by atoms with van der Waals surface area (Å²) >= 11 is 6.11. The van der Waals surface area contributed by atoms with Crippen LogP contribution in [-0.2, 0) is 16.9 Å². The third-order valence-electron chi connectivity index (χ3n) is 3.42. The lowest BCUT2D eigenvalue weighted by Crippen LogP contribution is -2.52. The molecule has 1 aromatic heterocycles. The monoisotopic (exact) mass is 292 g/mol. The molecule has 1 heterocycles. The van der Waals surface area contributed by atoms with Crippen LogP contribution < -0.4 is 11.5 Å². The predicted octanol–water partition coefficient (Wildman–Crippen LogP) is 1.49. The van der Waals surface area contributed by atoms with Gasteiger partial charge < -0.3 is 11.5 Å². The number of carbonyl (C=O) groups is 1. The molecule has 106 valence electrons. The molecule has 0 spiro atoms. The van der Waals surface area contributed by atoms with Crippen molar-refractivity contribution < 1.29 is 4.79 Å². The van der Waals surface area contributed by atoms with E-state index in [-0.39, 0.29) is 6.54 Å². The number of amides is 1. The van der Waals surface area contributed by atoms with Crippen molar-refractivity contribution >= 4 is 17.5 Å². The molecule has 0 aliphatic carbocycles. The molecule has 0 aliphatic heterocycles. The van der Waals surface area contributed by atoms with Crippen molar-refractivity contribution in [2.24, 2.45) is 11.5 Å². The Morgan fingerprint density at radius 3 is 2.40 bits per heavy atom. The molecule has 0 saturated heterocycles. The second-order valence-corrected chi connectivity index (χ2v) is 5.22. The molecule has 0 fully saturated rings. The maximum Gasteiger partial charge on any atom is 0.244 e. The Kier molecular flexibility index (Phi) is 3.83. The quantitative estimate of drug-likeness (QED) is 0.895. The van der Waals surface area contributed by atoms with Crippen LogP contribution in [-0.4, -0.2) is 15.7 Å². The molecule has 1 amide bonds. The summed E-state index contributed by atoms with van der Waals surface area (Å²) in [6.45, 7) is 3.78. The summed E-state index contributed by atoms with van der Waals surface area (Å²) in [5, 5.41) is 4.87. The van der Waals surface area contributed by atoms with E-state index in [1.165, 1.54) is 0 Å². The van der Waals surface area contributed by atoms with Crippen LogP contribution in [0.2, 0.25) is 5.02 Å². The normalized spacial score (nSPS) is 14.0. The summed E-state index contributed by atoms with van der Waals surface area (Å²) < 4.78 is 1.62. The third kappa shape index (κ3) is 2.42. The molecule has 1 unspecified atom stereocenters. The fraction of sp³-hybridized carbons (Fsp3) is 0.286. The minimum atomic E-state index is -1.33. The highest BCUT2D eigenvalue weighted by Crippen LogP contribution is 2.24. The molecule has 5 nitrogen and oxygen atoms in total. The first-order valence-electron chi connectivity index (χ1n) is 6.20. The number of hydrogen-bond acceptors (Lipinski definition) is 3. The molecule has 20 heavy (non-hydrogen) atoms. The zero-order chi connectivity index (χ0) is 14.9. The lowest BCUT2D eigenvalue weighted by molar-refractivity contribution is -0.124. The van der Waals surface area contributed by atoms with E-state index in [0.717, 1.165) is 5.69 Å². The number of aromatic nitrogens is 2. The van der Waals surface area contributed by atoms with Gasteiger partial charge in [-0.2, -0.15) is 5.10 Å². The summed E-state index contributed by atoms with van der Waals surface area (Å²) in [5.41, 5.74) is 12.5. The lowest BCUT2D eigenvalue weighted by Gasteiger charge is -2.27. The standard InChI is InChI=1S/C14H17ClN4O/c1-9-12(15)10(2)19(18-9)8-14(17,13(16)20)11-6-4-3-5-7-11/h3-7H,8,17H2,1-2H3,(H2,16,20). The molecule has 2 rings (SSSR count). The Hall–Kier alpha value is -1.85. The zero-order valence-electron chi connectivity index (χ0n) is 11.4. The van der Waals surface area contributed by atoms with Crippen molar-refractivity contribution in [2.75, 3.05) is 0 Å². The first-order valence-corrected chi connectivity index (χ1v) is 6.58. The highest BCUT2D eigenvalue weighted by Gasteiger charge is 2.35. The van der Waals surface area contributed by atoms with Crippen LogP contribution in [0.15, 0.2) is 30.3 Å². The van der Waals surface area contributed by atoms with Gasteiger partial charge in [0.15, 0.2) is 0 Å². The van der Waals surface area contributed by atoms with Crippen LogP contribution in [0.5, 0.6) is 0 Å². The van der Waals surface area contributed by atoms with Crippen molar-refractivity contribution in [3.8, 4) is 0 Å². The van der Waals surface area contributed by atoms with E-state index in [1.807, 2.05) is 25.1 Å². The summed E-state index contributed by atoms with van der Waals surface area (Å²) in [5.74, 6) is -0.604. The highest BCUT2D eigenvalue weighted by atomic mass is 35.5. The van der Waals surface area contributed by atoms with Gasteiger partial charge in [-0.15, -0.1) is 0 Å². The molecular formula is C14H17ClN4O. The first kappa shape index (κ1) is 14.6. The fourth-order valence-corrected chi connectivity index (χ4v) is 2.25. The molecule has 0 bridgehead atoms. The van der Waals surface area contributed by atoms with Gasteiger partial charge in [0.05, 0.1) is 23.0 Å². The summed E-state index contributed by atoms with van der Waals surface area (Å²) in [6.07, 6.45) is 0. The predicted molar refractivity (Wildman–Crippen MR) is 78.2 cm³/mol. The van der Waals surface area contributed by atoms with E-state index in [0.29, 0.717) is 16.3 Å². The second kappa shape index (κ2) is 5.26. The van der Waals surface area contributed by atoms with E-state index < -0.39 is 11.4 Å². The van der Waals surface area contributed by atoms with Crippen LogP contribution in [0, 0.1) is 13.8 Å². The Morgan fingerprint density at radius 2 is 1.95 bits per heavy atom. The van der Waals surface area contributed by atoms with Crippen molar-refractivity contribution in [1.82, 2.24) is 9.78 Å². The number of benzene rings is 1. The topological polar surface area (TPSA) is 86.9 Å². The number of rotatable bonds is 4. The number of carbonyl (C=O) groups excluding carboxylic acids is 1. The van der Waals surface area contributed by atoms with E-state index >= 15 is 0 Å². The number of nitrogens with zero attached hydrogens (tertiary/aromatic N) is 2. The van der Waals surface area contributed by atoms with Crippen LogP contribution in [0.3, 0.4) is 0 Å². The smallest absolute Gasteiger partial charge is 0.244 e. The molecule has 1 aromatic carbocycles. The van der Waals surface area contributed by atoms with Gasteiger partial charge in [0, 0.05) is 0 Å². The van der Waals surface area contributed by atoms with Gasteiger partial charge in [0.1, 0.15) is 5.54 Å². The molecule has 6 heteroatoms. The van der Waals surface area contributed by atoms with Crippen LogP contribution in [0.4, 0.5) is 0 Å². The maximum absolute atomic E-state index is 11.9. The van der Waals surface area contributed by atoms with Crippen LogP contribution >= 0.6 is 11.6 Å². The van der Waals surface area contributed by atoms with Crippen LogP contribution in [0.1, 0.15) is 17.0 Å². The van der Waals surface area contributed by atoms with Crippen molar-refractivity contribution in [1.29, 1.82) is 0 Å². The summed E-state index contributed by atoms with van der Waals surface area (Å²) in [4.78, 5) is 11.9. The summed E-state index contributed by atoms with van der Waals surface area (Å²) in [7, 11) is 0. The fourth-order valence-electron chi connectivity index (χ4n) is 2.11. The van der Waals surface area contributed by atoms with Crippen molar-refractivity contribution in [2.45, 2.75) is 25.9 Å². The largest absolute Gasteiger partial charge is 0.368 e. The molecular weight excluding hydrogens is 276 g/mol. The van der Waals surface area contributed by atoms with Gasteiger partial charge >= 0.3 is 0 Å². The molecule has 4 N–H and O–H groups in total. The SMILES string of the molecule is Cc1nn(CC(N)(C(N)=O)c2ccccc2)c(C)c1Cl. The highest BCUT2D eigenvalue weighted by molar-refractivity contribution is 6.31. The maximum atomic E-state index is 11.9. The van der Waals surface area contributed by atoms with Gasteiger partial charge in [0.2, 0.25) is 5.91 Å². The lowest BCUT2D eigenvalue weighted by atomic mass is 9.90. The number of halogens is 1. The minimum Gasteiger partial charge on any atom is -0.368 e. The zero-order valence-corrected chi connectivity index (χ0v) is 12.2. The Morgan fingerprint density at radius 1 is 1.35 bits per heavy atom. The van der Waals surface area contributed by atoms with Gasteiger partial charge in [-0.1, -0.05) is 41.9 Å². The Labute approximate surface area is 122 Å². The van der Waals surface area contributed by atoms with Crippen LogP contribution in [0.25, 0.3) is 0 Å². The molecule has 0 saturated carbocycles. The Bertz CT molecular complexity index is 638.